The number of rotatable bonds is 14. The smallest absolute Gasteiger partial charge is 0.243 e. The van der Waals surface area contributed by atoms with Crippen LogP contribution in [0.1, 0.15) is 42.9 Å². The number of carbonyl (C=O) groups excluding carboxylic acids is 2. The Bertz CT molecular complexity index is 1060. The molecule has 0 aliphatic rings. The van der Waals surface area contributed by atoms with Crippen molar-refractivity contribution in [2.45, 2.75) is 50.9 Å². The van der Waals surface area contributed by atoms with Gasteiger partial charge in [0.15, 0.2) is 0 Å². The lowest BCUT2D eigenvalue weighted by atomic mass is 10.0. The minimum atomic E-state index is -0.652. The number of amides is 2. The van der Waals surface area contributed by atoms with Crippen LogP contribution in [0.4, 0.5) is 4.39 Å². The van der Waals surface area contributed by atoms with E-state index in [-0.39, 0.29) is 24.2 Å². The van der Waals surface area contributed by atoms with E-state index in [2.05, 4.69) is 24.4 Å². The van der Waals surface area contributed by atoms with Crippen LogP contribution in [-0.4, -0.2) is 35.1 Å². The highest BCUT2D eigenvalue weighted by molar-refractivity contribution is 7.98. The van der Waals surface area contributed by atoms with Crippen molar-refractivity contribution in [3.63, 3.8) is 0 Å². The summed E-state index contributed by atoms with van der Waals surface area (Å²) in [6.07, 6.45) is 2.60. The molecule has 1 N–H and O–H groups in total. The fourth-order valence-electron chi connectivity index (χ4n) is 3.91. The lowest BCUT2D eigenvalue weighted by Gasteiger charge is -2.31. The Morgan fingerprint density at radius 1 is 0.889 bits per heavy atom. The van der Waals surface area contributed by atoms with Crippen molar-refractivity contribution >= 4 is 23.6 Å². The molecule has 1 atom stereocenters. The van der Waals surface area contributed by atoms with E-state index < -0.39 is 6.04 Å². The molecule has 0 aliphatic heterocycles. The maximum Gasteiger partial charge on any atom is 0.243 e. The van der Waals surface area contributed by atoms with E-state index >= 15 is 0 Å². The van der Waals surface area contributed by atoms with E-state index in [4.69, 9.17) is 0 Å². The van der Waals surface area contributed by atoms with E-state index in [1.165, 1.54) is 17.7 Å². The average molecular weight is 507 g/mol. The summed E-state index contributed by atoms with van der Waals surface area (Å²) < 4.78 is 13.5. The number of benzene rings is 3. The summed E-state index contributed by atoms with van der Waals surface area (Å²) in [5.74, 6) is 0.929. The number of hydrogen-bond donors (Lipinski definition) is 1. The lowest BCUT2D eigenvalue weighted by molar-refractivity contribution is -0.141. The van der Waals surface area contributed by atoms with Gasteiger partial charge in [0.25, 0.3) is 0 Å². The Kier molecular flexibility index (Phi) is 11.5. The van der Waals surface area contributed by atoms with Crippen molar-refractivity contribution in [2.75, 3.05) is 12.3 Å². The van der Waals surface area contributed by atoms with Crippen molar-refractivity contribution in [1.82, 2.24) is 10.2 Å². The Morgan fingerprint density at radius 2 is 1.53 bits per heavy atom. The highest BCUT2D eigenvalue weighted by Crippen LogP contribution is 2.19. The monoisotopic (exact) mass is 506 g/mol. The summed E-state index contributed by atoms with van der Waals surface area (Å²) in [4.78, 5) is 28.6. The molecule has 0 saturated heterocycles. The van der Waals surface area contributed by atoms with E-state index in [0.29, 0.717) is 25.1 Å². The molecule has 0 heterocycles. The Labute approximate surface area is 218 Å². The van der Waals surface area contributed by atoms with Gasteiger partial charge in [0.1, 0.15) is 11.9 Å². The quantitative estimate of drug-likeness (QED) is 0.273. The molecule has 4 nitrogen and oxygen atoms in total. The third-order valence-corrected chi connectivity index (χ3v) is 6.97. The average Bonchev–Trinajstić information content (AvgIpc) is 2.91. The largest absolute Gasteiger partial charge is 0.354 e. The van der Waals surface area contributed by atoms with Gasteiger partial charge >= 0.3 is 0 Å². The van der Waals surface area contributed by atoms with Crippen molar-refractivity contribution in [2.24, 2.45) is 0 Å². The number of carbonyl (C=O) groups is 2. The molecule has 0 fully saturated rings. The number of nitrogens with zero attached hydrogens (tertiary/aromatic N) is 1. The van der Waals surface area contributed by atoms with Gasteiger partial charge in [-0.05, 0) is 35.2 Å². The summed E-state index contributed by atoms with van der Waals surface area (Å²) >= 11 is 1.70. The van der Waals surface area contributed by atoms with Gasteiger partial charge in [0.2, 0.25) is 11.8 Å². The zero-order valence-corrected chi connectivity index (χ0v) is 21.7. The zero-order chi connectivity index (χ0) is 25.6. The maximum absolute atomic E-state index is 13.6. The molecule has 3 aromatic carbocycles. The highest BCUT2D eigenvalue weighted by atomic mass is 32.2. The Hall–Kier alpha value is -3.12. The molecule has 0 radical (unpaired) electrons. The fourth-order valence-corrected chi connectivity index (χ4v) is 4.81. The first-order chi connectivity index (χ1) is 17.6. The number of hydrogen-bond acceptors (Lipinski definition) is 3. The van der Waals surface area contributed by atoms with Gasteiger partial charge in [-0.15, -0.1) is 0 Å². The first-order valence-electron chi connectivity index (χ1n) is 12.5. The summed E-state index contributed by atoms with van der Waals surface area (Å²) in [7, 11) is 0. The standard InChI is InChI=1S/C30H35FN2O2S/c1-2-3-19-32-30(35)28(21-24-10-6-4-7-11-24)33(22-25-14-16-27(31)17-15-25)29(34)18-20-36-23-26-12-8-5-9-13-26/h4-17,28H,2-3,18-23H2,1H3,(H,32,35)/t28-/m1/s1. The normalized spacial score (nSPS) is 11.6. The topological polar surface area (TPSA) is 49.4 Å². The number of unbranched alkanes of at least 4 members (excludes halogenated alkanes) is 1. The first-order valence-corrected chi connectivity index (χ1v) is 13.7. The van der Waals surface area contributed by atoms with Crippen LogP contribution in [0.3, 0.4) is 0 Å². The van der Waals surface area contributed by atoms with Crippen LogP contribution in [-0.2, 0) is 28.3 Å². The summed E-state index contributed by atoms with van der Waals surface area (Å²) in [5.41, 5.74) is 3.00. The number of thioether (sulfide) groups is 1. The van der Waals surface area contributed by atoms with Crippen LogP contribution in [0.25, 0.3) is 0 Å². The van der Waals surface area contributed by atoms with E-state index in [9.17, 15) is 14.0 Å². The van der Waals surface area contributed by atoms with E-state index in [1.54, 1.807) is 28.8 Å². The summed E-state index contributed by atoms with van der Waals surface area (Å²) in [6, 6.07) is 25.4. The minimum Gasteiger partial charge on any atom is -0.354 e. The first kappa shape index (κ1) is 27.5. The minimum absolute atomic E-state index is 0.0774. The van der Waals surface area contributed by atoms with Gasteiger partial charge in [-0.25, -0.2) is 4.39 Å². The molecule has 3 rings (SSSR count). The molecular formula is C30H35FN2O2S. The summed E-state index contributed by atoms with van der Waals surface area (Å²) in [5, 5.41) is 3.02. The molecule has 0 aliphatic carbocycles. The molecule has 0 spiro atoms. The van der Waals surface area contributed by atoms with E-state index in [0.717, 1.165) is 29.7 Å². The van der Waals surface area contributed by atoms with E-state index in [1.807, 2.05) is 48.5 Å². The molecule has 0 saturated carbocycles. The second-order valence-electron chi connectivity index (χ2n) is 8.79. The van der Waals surface area contributed by atoms with Gasteiger partial charge in [0, 0.05) is 37.4 Å². The predicted octanol–water partition coefficient (Wildman–Crippen LogP) is 6.01. The summed E-state index contributed by atoms with van der Waals surface area (Å²) in [6.45, 7) is 2.90. The molecule has 3 aromatic rings. The van der Waals surface area contributed by atoms with Crippen molar-refractivity contribution in [3.05, 3.63) is 107 Å². The maximum atomic E-state index is 13.6. The third kappa shape index (κ3) is 9.15. The molecule has 2 amide bonds. The predicted molar refractivity (Wildman–Crippen MR) is 146 cm³/mol. The molecular weight excluding hydrogens is 471 g/mol. The van der Waals surface area contributed by atoms with Gasteiger partial charge in [-0.2, -0.15) is 11.8 Å². The molecule has 0 bridgehead atoms. The fraction of sp³-hybridized carbons (Fsp3) is 0.333. The van der Waals surface area contributed by atoms with Crippen molar-refractivity contribution in [3.8, 4) is 0 Å². The Morgan fingerprint density at radius 3 is 2.17 bits per heavy atom. The van der Waals surface area contributed by atoms with Crippen LogP contribution >= 0.6 is 11.8 Å². The van der Waals surface area contributed by atoms with Gasteiger partial charge < -0.3 is 10.2 Å². The van der Waals surface area contributed by atoms with Crippen LogP contribution in [0.5, 0.6) is 0 Å². The number of nitrogens with one attached hydrogen (secondary N) is 1. The van der Waals surface area contributed by atoms with Crippen LogP contribution in [0.2, 0.25) is 0 Å². The van der Waals surface area contributed by atoms with Crippen molar-refractivity contribution in [1.29, 1.82) is 0 Å². The Balaban J connectivity index is 1.77. The number of halogens is 1. The van der Waals surface area contributed by atoms with Crippen molar-refractivity contribution < 1.29 is 14.0 Å². The second-order valence-corrected chi connectivity index (χ2v) is 9.89. The molecule has 36 heavy (non-hydrogen) atoms. The third-order valence-electron chi connectivity index (χ3n) is 5.94. The SMILES string of the molecule is CCCCNC(=O)[C@@H](Cc1ccccc1)N(Cc1ccc(F)cc1)C(=O)CCSCc1ccccc1. The molecule has 0 aromatic heterocycles. The highest BCUT2D eigenvalue weighted by Gasteiger charge is 2.30. The van der Waals surface area contributed by atoms with Gasteiger partial charge in [-0.1, -0.05) is 86.1 Å². The molecule has 0 unspecified atom stereocenters. The second kappa shape index (κ2) is 15.1. The van der Waals surface area contributed by atoms with Crippen LogP contribution < -0.4 is 5.32 Å². The zero-order valence-electron chi connectivity index (χ0n) is 20.9. The van der Waals surface area contributed by atoms with Gasteiger partial charge in [-0.3, -0.25) is 9.59 Å². The molecule has 190 valence electrons. The lowest BCUT2D eigenvalue weighted by Crippen LogP contribution is -2.50. The molecule has 6 heteroatoms. The van der Waals surface area contributed by atoms with Crippen LogP contribution in [0.15, 0.2) is 84.9 Å². The van der Waals surface area contributed by atoms with Gasteiger partial charge in [0.05, 0.1) is 0 Å². The van der Waals surface area contributed by atoms with Crippen LogP contribution in [0, 0.1) is 5.82 Å².